The number of carbonyl (C=O) groups excluding carboxylic acids is 1. The van der Waals surface area contributed by atoms with Gasteiger partial charge in [-0.2, -0.15) is 0 Å². The van der Waals surface area contributed by atoms with Gasteiger partial charge in [0.1, 0.15) is 0 Å². The van der Waals surface area contributed by atoms with Gasteiger partial charge in [-0.1, -0.05) is 32.9 Å². The molecule has 0 radical (unpaired) electrons. The van der Waals surface area contributed by atoms with Crippen molar-refractivity contribution in [2.24, 2.45) is 46.3 Å². The van der Waals surface area contributed by atoms with Crippen LogP contribution >= 0.6 is 0 Å². The van der Waals surface area contributed by atoms with Crippen LogP contribution in [0.1, 0.15) is 78.6 Å². The first-order chi connectivity index (χ1) is 13.3. The molecule has 0 aromatic heterocycles. The van der Waals surface area contributed by atoms with Crippen LogP contribution < -0.4 is 0 Å². The van der Waals surface area contributed by atoms with E-state index in [2.05, 4.69) is 32.9 Å². The number of rotatable bonds is 4. The summed E-state index contributed by atoms with van der Waals surface area (Å²) in [5.74, 6) is 3.70. The Hall–Kier alpha value is -0.830. The van der Waals surface area contributed by atoms with Crippen LogP contribution in [0.15, 0.2) is 12.2 Å². The highest BCUT2D eigenvalue weighted by molar-refractivity contribution is 5.69. The molecule has 28 heavy (non-hydrogen) atoms. The lowest BCUT2D eigenvalue weighted by Crippen LogP contribution is -2.57. The Labute approximate surface area is 171 Å². The van der Waals surface area contributed by atoms with Crippen molar-refractivity contribution in [3.63, 3.8) is 0 Å². The normalized spacial score (nSPS) is 48.3. The monoisotopic (exact) mass is 388 g/mol. The van der Waals surface area contributed by atoms with E-state index in [4.69, 9.17) is 4.74 Å². The van der Waals surface area contributed by atoms with Crippen molar-refractivity contribution in [3.8, 4) is 0 Å². The average molecular weight is 389 g/mol. The second-order valence-corrected chi connectivity index (χ2v) is 10.9. The summed E-state index contributed by atoms with van der Waals surface area (Å²) in [6.45, 7) is 7.21. The standard InChI is InChI=1S/C25H40O3/c1-16(8-13-23(27)28-4)19-11-12-20-18-10-9-17-7-5-6-14-24(17,2)21(18)15-22(26)25(19,20)3/h5,7,16-22,26H,6,8-15H2,1-4H3/t16-,17-,18+,19-,20+,21+,22-,24+,25-/m1/s1. The SMILES string of the molecule is COC(=O)CC[C@@H](C)[C@H]1CC[C@H]2[C@@H]3CC[C@H]4C=CCC[C@]4(C)[C@H]3C[C@@H](O)[C@]12C. The quantitative estimate of drug-likeness (QED) is 0.520. The summed E-state index contributed by atoms with van der Waals surface area (Å²) in [5.41, 5.74) is 0.402. The zero-order valence-electron chi connectivity index (χ0n) is 18.3. The Morgan fingerprint density at radius 2 is 2.00 bits per heavy atom. The highest BCUT2D eigenvalue weighted by Gasteiger charge is 2.63. The zero-order chi connectivity index (χ0) is 20.1. The van der Waals surface area contributed by atoms with Crippen molar-refractivity contribution in [2.45, 2.75) is 84.7 Å². The largest absolute Gasteiger partial charge is 0.469 e. The molecule has 0 bridgehead atoms. The molecule has 0 heterocycles. The first-order valence-corrected chi connectivity index (χ1v) is 11.7. The van der Waals surface area contributed by atoms with E-state index in [1.165, 1.54) is 45.6 Å². The van der Waals surface area contributed by atoms with Crippen molar-refractivity contribution in [1.29, 1.82) is 0 Å². The number of hydrogen-bond acceptors (Lipinski definition) is 3. The van der Waals surface area contributed by atoms with Gasteiger partial charge in [-0.05, 0) is 97.7 Å². The van der Waals surface area contributed by atoms with E-state index >= 15 is 0 Å². The predicted octanol–water partition coefficient (Wildman–Crippen LogP) is 5.37. The van der Waals surface area contributed by atoms with Crippen molar-refractivity contribution in [2.75, 3.05) is 7.11 Å². The van der Waals surface area contributed by atoms with Gasteiger partial charge >= 0.3 is 5.97 Å². The van der Waals surface area contributed by atoms with E-state index in [0.717, 1.165) is 24.7 Å². The second-order valence-electron chi connectivity index (χ2n) is 10.9. The van der Waals surface area contributed by atoms with Crippen molar-refractivity contribution < 1.29 is 14.6 Å². The zero-order valence-corrected chi connectivity index (χ0v) is 18.3. The molecule has 3 fully saturated rings. The molecule has 0 amide bonds. The highest BCUT2D eigenvalue weighted by Crippen LogP contribution is 2.67. The molecule has 3 nitrogen and oxygen atoms in total. The van der Waals surface area contributed by atoms with Crippen LogP contribution in [-0.2, 0) is 9.53 Å². The second kappa shape index (κ2) is 7.45. The molecule has 0 aromatic carbocycles. The maximum absolute atomic E-state index is 11.6. The number of ether oxygens (including phenoxy) is 1. The van der Waals surface area contributed by atoms with E-state index in [0.29, 0.717) is 35.5 Å². The smallest absolute Gasteiger partial charge is 0.305 e. The van der Waals surface area contributed by atoms with E-state index in [1.807, 2.05) is 0 Å². The van der Waals surface area contributed by atoms with Gasteiger partial charge in [0.05, 0.1) is 13.2 Å². The molecule has 4 aliphatic rings. The minimum absolute atomic E-state index is 0.0183. The molecule has 9 atom stereocenters. The predicted molar refractivity (Wildman–Crippen MR) is 112 cm³/mol. The minimum Gasteiger partial charge on any atom is -0.469 e. The van der Waals surface area contributed by atoms with Crippen molar-refractivity contribution >= 4 is 5.97 Å². The maximum Gasteiger partial charge on any atom is 0.305 e. The van der Waals surface area contributed by atoms with Gasteiger partial charge in [-0.25, -0.2) is 0 Å². The molecule has 0 saturated heterocycles. The molecular weight excluding hydrogens is 348 g/mol. The van der Waals surface area contributed by atoms with Crippen LogP contribution in [0.3, 0.4) is 0 Å². The Bertz CT molecular complexity index is 627. The summed E-state index contributed by atoms with van der Waals surface area (Å²) in [6.07, 6.45) is 14.7. The van der Waals surface area contributed by atoms with Gasteiger partial charge in [-0.3, -0.25) is 4.79 Å². The van der Waals surface area contributed by atoms with E-state index < -0.39 is 0 Å². The number of allylic oxidation sites excluding steroid dienone is 2. The molecule has 0 aliphatic heterocycles. The number of hydrogen-bond donors (Lipinski definition) is 1. The molecule has 158 valence electrons. The summed E-state index contributed by atoms with van der Waals surface area (Å²) in [4.78, 5) is 11.6. The van der Waals surface area contributed by atoms with Crippen LogP contribution in [0.5, 0.6) is 0 Å². The van der Waals surface area contributed by atoms with Crippen LogP contribution in [0.4, 0.5) is 0 Å². The first-order valence-electron chi connectivity index (χ1n) is 11.7. The Morgan fingerprint density at radius 1 is 1.21 bits per heavy atom. The summed E-state index contributed by atoms with van der Waals surface area (Å²) in [7, 11) is 1.47. The Morgan fingerprint density at radius 3 is 2.75 bits per heavy atom. The van der Waals surface area contributed by atoms with Gasteiger partial charge in [0.2, 0.25) is 0 Å². The van der Waals surface area contributed by atoms with Gasteiger partial charge < -0.3 is 9.84 Å². The maximum atomic E-state index is 11.6. The first kappa shape index (κ1) is 20.4. The highest BCUT2D eigenvalue weighted by atomic mass is 16.5. The van der Waals surface area contributed by atoms with Crippen molar-refractivity contribution in [3.05, 3.63) is 12.2 Å². The minimum atomic E-state index is -0.201. The van der Waals surface area contributed by atoms with Crippen LogP contribution in [0.25, 0.3) is 0 Å². The van der Waals surface area contributed by atoms with Gasteiger partial charge in [0, 0.05) is 6.42 Å². The molecular formula is C25H40O3. The van der Waals surface area contributed by atoms with Crippen LogP contribution in [-0.4, -0.2) is 24.3 Å². The fourth-order valence-corrected chi connectivity index (χ4v) is 8.40. The lowest BCUT2D eigenvalue weighted by molar-refractivity contribution is -0.159. The fraction of sp³-hybridized carbons (Fsp3) is 0.880. The van der Waals surface area contributed by atoms with Gasteiger partial charge in [-0.15, -0.1) is 0 Å². The molecule has 4 aliphatic carbocycles. The molecule has 0 unspecified atom stereocenters. The van der Waals surface area contributed by atoms with Crippen LogP contribution in [0.2, 0.25) is 0 Å². The number of fused-ring (bicyclic) bond motifs is 5. The van der Waals surface area contributed by atoms with E-state index in [-0.39, 0.29) is 17.5 Å². The summed E-state index contributed by atoms with van der Waals surface area (Å²) >= 11 is 0. The number of carbonyl (C=O) groups is 1. The molecule has 3 saturated carbocycles. The third-order valence-electron chi connectivity index (χ3n) is 10.1. The number of methoxy groups -OCH3 is 1. The molecule has 4 rings (SSSR count). The fourth-order valence-electron chi connectivity index (χ4n) is 8.40. The average Bonchev–Trinajstić information content (AvgIpc) is 3.05. The number of esters is 1. The number of aliphatic hydroxyl groups excluding tert-OH is 1. The van der Waals surface area contributed by atoms with Crippen molar-refractivity contribution in [1.82, 2.24) is 0 Å². The van der Waals surface area contributed by atoms with E-state index in [1.54, 1.807) is 0 Å². The van der Waals surface area contributed by atoms with Gasteiger partial charge in [0.15, 0.2) is 0 Å². The van der Waals surface area contributed by atoms with Crippen LogP contribution in [0, 0.1) is 46.3 Å². The van der Waals surface area contributed by atoms with Gasteiger partial charge in [0.25, 0.3) is 0 Å². The third kappa shape index (κ3) is 2.99. The Kier molecular flexibility index (Phi) is 5.44. The number of aliphatic hydroxyl groups is 1. The summed E-state index contributed by atoms with van der Waals surface area (Å²) in [6, 6.07) is 0. The summed E-state index contributed by atoms with van der Waals surface area (Å²) in [5, 5.41) is 11.5. The molecule has 0 aromatic rings. The lowest BCUT2D eigenvalue weighted by atomic mass is 9.44. The topological polar surface area (TPSA) is 46.5 Å². The molecule has 1 N–H and O–H groups in total. The molecule has 3 heteroatoms. The summed E-state index contributed by atoms with van der Waals surface area (Å²) < 4.78 is 4.85. The Balaban J connectivity index is 1.55. The lowest BCUT2D eigenvalue weighted by Gasteiger charge is -2.61. The van der Waals surface area contributed by atoms with E-state index in [9.17, 15) is 9.90 Å². The molecule has 0 spiro atoms. The third-order valence-corrected chi connectivity index (χ3v) is 10.1.